The highest BCUT2D eigenvalue weighted by Gasteiger charge is 2.19. The molecule has 5 nitrogen and oxygen atoms in total. The molecule has 2 atom stereocenters. The fourth-order valence-electron chi connectivity index (χ4n) is 1.67. The summed E-state index contributed by atoms with van der Waals surface area (Å²) in [6.07, 6.45) is 3.11. The monoisotopic (exact) mass is 290 g/mol. The number of nitrogens with zero attached hydrogens (tertiary/aromatic N) is 1. The molecule has 0 spiro atoms. The molecule has 0 bridgehead atoms. The average Bonchev–Trinajstić information content (AvgIpc) is 2.44. The van der Waals surface area contributed by atoms with Crippen LogP contribution < -0.4 is 10.2 Å². The maximum absolute atomic E-state index is 11.7. The van der Waals surface area contributed by atoms with Crippen LogP contribution in [-0.2, 0) is 9.59 Å². The van der Waals surface area contributed by atoms with E-state index >= 15 is 0 Å². The average molecular weight is 290 g/mol. The van der Waals surface area contributed by atoms with Crippen LogP contribution in [-0.4, -0.2) is 37.1 Å². The molecule has 0 saturated heterocycles. The largest absolute Gasteiger partial charge is 0.481 e. The molecule has 1 rings (SSSR count). The minimum atomic E-state index is -0.925. The molecule has 2 N–H and O–H groups in total. The lowest BCUT2D eigenvalue weighted by Crippen LogP contribution is -2.39. The van der Waals surface area contributed by atoms with Gasteiger partial charge in [-0.2, -0.15) is 0 Å². The molecule has 114 valence electrons. The minimum absolute atomic E-state index is 0.299. The van der Waals surface area contributed by atoms with Crippen molar-refractivity contribution in [1.29, 1.82) is 0 Å². The molecule has 0 aromatic heterocycles. The second-order valence-electron chi connectivity index (χ2n) is 5.24. The van der Waals surface area contributed by atoms with Crippen LogP contribution in [0.1, 0.15) is 19.4 Å². The second kappa shape index (κ2) is 7.47. The zero-order valence-electron chi connectivity index (χ0n) is 12.8. The third-order valence-corrected chi connectivity index (χ3v) is 3.35. The summed E-state index contributed by atoms with van der Waals surface area (Å²) < 4.78 is 0. The van der Waals surface area contributed by atoms with Crippen molar-refractivity contribution in [3.05, 3.63) is 35.9 Å². The van der Waals surface area contributed by atoms with Crippen LogP contribution in [0.4, 0.5) is 5.69 Å². The van der Waals surface area contributed by atoms with Crippen LogP contribution in [0.15, 0.2) is 30.3 Å². The highest BCUT2D eigenvalue weighted by atomic mass is 16.4. The molecule has 0 aliphatic carbocycles. The van der Waals surface area contributed by atoms with Gasteiger partial charge in [0.25, 0.3) is 0 Å². The van der Waals surface area contributed by atoms with Gasteiger partial charge in [-0.05, 0) is 37.6 Å². The summed E-state index contributed by atoms with van der Waals surface area (Å²) in [5, 5.41) is 11.5. The Bertz CT molecular complexity index is 521. The standard InChI is InChI=1S/C16H22N2O3/c1-11(16(20)21)12(2)17-15(19)10-7-13-5-8-14(9-6-13)18(3)4/h5-12H,1-4H3,(H,17,19)(H,20,21)/b10-7+. The molecule has 21 heavy (non-hydrogen) atoms. The van der Waals surface area contributed by atoms with Gasteiger partial charge in [-0.1, -0.05) is 12.1 Å². The van der Waals surface area contributed by atoms with Crippen molar-refractivity contribution in [3.63, 3.8) is 0 Å². The van der Waals surface area contributed by atoms with E-state index in [9.17, 15) is 9.59 Å². The fourth-order valence-corrected chi connectivity index (χ4v) is 1.67. The Morgan fingerprint density at radius 1 is 1.19 bits per heavy atom. The van der Waals surface area contributed by atoms with E-state index in [0.29, 0.717) is 0 Å². The van der Waals surface area contributed by atoms with Crippen LogP contribution in [0.2, 0.25) is 0 Å². The molecule has 0 aliphatic heterocycles. The van der Waals surface area contributed by atoms with E-state index in [1.54, 1.807) is 19.9 Å². The topological polar surface area (TPSA) is 69.6 Å². The smallest absolute Gasteiger partial charge is 0.308 e. The minimum Gasteiger partial charge on any atom is -0.481 e. The Kier molecular flexibility index (Phi) is 5.96. The normalized spacial score (nSPS) is 13.7. The number of carbonyl (C=O) groups is 2. The predicted molar refractivity (Wildman–Crippen MR) is 84.2 cm³/mol. The van der Waals surface area contributed by atoms with E-state index in [1.807, 2.05) is 43.3 Å². The second-order valence-corrected chi connectivity index (χ2v) is 5.24. The molecule has 0 radical (unpaired) electrons. The Morgan fingerprint density at radius 2 is 1.76 bits per heavy atom. The van der Waals surface area contributed by atoms with Crippen LogP contribution in [0.3, 0.4) is 0 Å². The van der Waals surface area contributed by atoms with Crippen molar-refractivity contribution in [2.45, 2.75) is 19.9 Å². The maximum Gasteiger partial charge on any atom is 0.308 e. The van der Waals surface area contributed by atoms with Gasteiger partial charge in [0.2, 0.25) is 5.91 Å². The van der Waals surface area contributed by atoms with Gasteiger partial charge in [0.05, 0.1) is 5.92 Å². The van der Waals surface area contributed by atoms with Crippen molar-refractivity contribution in [2.75, 3.05) is 19.0 Å². The van der Waals surface area contributed by atoms with E-state index in [0.717, 1.165) is 11.3 Å². The van der Waals surface area contributed by atoms with Gasteiger partial charge < -0.3 is 15.3 Å². The Hall–Kier alpha value is -2.30. The molecule has 5 heteroatoms. The maximum atomic E-state index is 11.7. The Balaban J connectivity index is 2.59. The predicted octanol–water partition coefficient (Wildman–Crippen LogP) is 1.99. The number of carboxylic acid groups (broad SMARTS) is 1. The van der Waals surface area contributed by atoms with Gasteiger partial charge in [0.1, 0.15) is 0 Å². The first-order valence-corrected chi connectivity index (χ1v) is 6.80. The number of anilines is 1. The van der Waals surface area contributed by atoms with Crippen LogP contribution in [0, 0.1) is 5.92 Å². The molecule has 1 aromatic carbocycles. The summed E-state index contributed by atoms with van der Waals surface area (Å²) in [7, 11) is 3.92. The van der Waals surface area contributed by atoms with Crippen molar-refractivity contribution < 1.29 is 14.7 Å². The van der Waals surface area contributed by atoms with E-state index in [1.165, 1.54) is 6.08 Å². The molecular formula is C16H22N2O3. The first kappa shape index (κ1) is 16.8. The van der Waals surface area contributed by atoms with Gasteiger partial charge in [0, 0.05) is 31.9 Å². The van der Waals surface area contributed by atoms with Crippen LogP contribution in [0.25, 0.3) is 6.08 Å². The quantitative estimate of drug-likeness (QED) is 0.786. The van der Waals surface area contributed by atoms with E-state index < -0.39 is 17.9 Å². The molecule has 1 aromatic rings. The van der Waals surface area contributed by atoms with Gasteiger partial charge in [-0.15, -0.1) is 0 Å². The lowest BCUT2D eigenvalue weighted by atomic mass is 10.0. The molecule has 0 fully saturated rings. The van der Waals surface area contributed by atoms with Gasteiger partial charge in [0.15, 0.2) is 0 Å². The number of rotatable bonds is 6. The van der Waals surface area contributed by atoms with E-state index in [-0.39, 0.29) is 5.91 Å². The number of carboxylic acids is 1. The number of amides is 1. The van der Waals surface area contributed by atoms with Crippen molar-refractivity contribution in [2.24, 2.45) is 5.92 Å². The molecular weight excluding hydrogens is 268 g/mol. The number of benzene rings is 1. The summed E-state index contributed by atoms with van der Waals surface area (Å²) in [6, 6.07) is 7.35. The van der Waals surface area contributed by atoms with E-state index in [4.69, 9.17) is 5.11 Å². The molecule has 0 saturated carbocycles. The molecule has 0 heterocycles. The number of aliphatic carboxylic acids is 1. The number of nitrogens with one attached hydrogen (secondary N) is 1. The van der Waals surface area contributed by atoms with Gasteiger partial charge in [-0.25, -0.2) is 0 Å². The number of carbonyl (C=O) groups excluding carboxylic acids is 1. The fraction of sp³-hybridized carbons (Fsp3) is 0.375. The van der Waals surface area contributed by atoms with Gasteiger partial charge >= 0.3 is 5.97 Å². The van der Waals surface area contributed by atoms with Crippen molar-refractivity contribution >= 4 is 23.6 Å². The first-order chi connectivity index (χ1) is 9.81. The van der Waals surface area contributed by atoms with Crippen molar-refractivity contribution in [1.82, 2.24) is 5.32 Å². The highest BCUT2D eigenvalue weighted by Crippen LogP contribution is 2.13. The Morgan fingerprint density at radius 3 is 2.24 bits per heavy atom. The molecule has 0 aliphatic rings. The third-order valence-electron chi connectivity index (χ3n) is 3.35. The lowest BCUT2D eigenvalue weighted by Gasteiger charge is -2.16. The molecule has 1 amide bonds. The lowest BCUT2D eigenvalue weighted by molar-refractivity contribution is -0.142. The first-order valence-electron chi connectivity index (χ1n) is 6.80. The highest BCUT2D eigenvalue weighted by molar-refractivity contribution is 5.92. The summed E-state index contributed by atoms with van der Waals surface area (Å²) in [5.74, 6) is -1.85. The summed E-state index contributed by atoms with van der Waals surface area (Å²) in [6.45, 7) is 3.24. The summed E-state index contributed by atoms with van der Waals surface area (Å²) in [5.41, 5.74) is 2.00. The molecule has 2 unspecified atom stereocenters. The number of hydrogen-bond acceptors (Lipinski definition) is 3. The summed E-state index contributed by atoms with van der Waals surface area (Å²) >= 11 is 0. The number of hydrogen-bond donors (Lipinski definition) is 2. The summed E-state index contributed by atoms with van der Waals surface area (Å²) in [4.78, 5) is 24.5. The third kappa shape index (κ3) is 5.30. The van der Waals surface area contributed by atoms with Crippen LogP contribution >= 0.6 is 0 Å². The SMILES string of the molecule is CC(NC(=O)/C=C/c1ccc(N(C)C)cc1)C(C)C(=O)O. The Labute approximate surface area is 125 Å². The van der Waals surface area contributed by atoms with Crippen LogP contribution in [0.5, 0.6) is 0 Å². The zero-order valence-corrected chi connectivity index (χ0v) is 12.8. The van der Waals surface area contributed by atoms with Crippen molar-refractivity contribution in [3.8, 4) is 0 Å². The van der Waals surface area contributed by atoms with E-state index in [2.05, 4.69) is 5.32 Å². The van der Waals surface area contributed by atoms with Gasteiger partial charge in [-0.3, -0.25) is 9.59 Å². The zero-order chi connectivity index (χ0) is 16.0.